The topological polar surface area (TPSA) is 67.6 Å². The summed E-state index contributed by atoms with van der Waals surface area (Å²) in [7, 11) is 5.63. The fourth-order valence-electron chi connectivity index (χ4n) is 2.91. The van der Waals surface area contributed by atoms with Gasteiger partial charge in [0.05, 0.1) is 20.2 Å². The molecule has 0 saturated heterocycles. The zero-order valence-corrected chi connectivity index (χ0v) is 18.5. The van der Waals surface area contributed by atoms with E-state index in [0.717, 1.165) is 39.5 Å². The van der Waals surface area contributed by atoms with Crippen molar-refractivity contribution >= 4 is 17.6 Å². The van der Waals surface area contributed by atoms with Gasteiger partial charge >= 0.3 is 0 Å². The molecule has 3 aromatic rings. The first kappa shape index (κ1) is 21.6. The summed E-state index contributed by atoms with van der Waals surface area (Å²) in [6, 6.07) is 15.8. The van der Waals surface area contributed by atoms with Crippen LogP contribution in [-0.4, -0.2) is 39.8 Å². The summed E-state index contributed by atoms with van der Waals surface area (Å²) in [4.78, 5) is 6.90. The molecule has 7 nitrogen and oxygen atoms in total. The Morgan fingerprint density at radius 2 is 1.77 bits per heavy atom. The van der Waals surface area contributed by atoms with Gasteiger partial charge in [0, 0.05) is 25.7 Å². The second kappa shape index (κ2) is 10.1. The van der Waals surface area contributed by atoms with Gasteiger partial charge in [0.15, 0.2) is 11.8 Å². The molecule has 0 aliphatic rings. The van der Waals surface area contributed by atoms with Gasteiger partial charge in [-0.05, 0) is 42.3 Å². The molecular weight excluding hydrogens is 400 g/mol. The van der Waals surface area contributed by atoms with Crippen molar-refractivity contribution in [2.75, 3.05) is 14.2 Å². The Hall–Kier alpha value is -3.06. The highest BCUT2D eigenvalue weighted by Gasteiger charge is 2.11. The third-order valence-electron chi connectivity index (χ3n) is 4.85. The van der Waals surface area contributed by atoms with Gasteiger partial charge in [-0.1, -0.05) is 35.9 Å². The smallest absolute Gasteiger partial charge is 0.194 e. The molecule has 0 fully saturated rings. The maximum Gasteiger partial charge on any atom is 0.194 e. The highest BCUT2D eigenvalue weighted by molar-refractivity contribution is 6.30. The van der Waals surface area contributed by atoms with E-state index in [4.69, 9.17) is 21.3 Å². The number of aromatic nitrogens is 3. The van der Waals surface area contributed by atoms with Crippen molar-refractivity contribution < 1.29 is 4.74 Å². The minimum absolute atomic E-state index is 0.531. The van der Waals surface area contributed by atoms with E-state index in [0.29, 0.717) is 19.6 Å². The summed E-state index contributed by atoms with van der Waals surface area (Å²) < 4.78 is 7.19. The standard InChI is InChI=1S/C22H27ClN6O/c1-16-26-27-21(29(16)3)14-25-22(24-13-17-7-11-20(30-4)12-8-17)28(2)15-18-5-9-19(23)10-6-18/h5-12H,13-15H2,1-4H3,(H,24,25). The third kappa shape index (κ3) is 5.73. The Labute approximate surface area is 182 Å². The van der Waals surface area contributed by atoms with Gasteiger partial charge in [-0.15, -0.1) is 10.2 Å². The number of aryl methyl sites for hydroxylation is 1. The Morgan fingerprint density at radius 3 is 2.37 bits per heavy atom. The maximum atomic E-state index is 6.01. The van der Waals surface area contributed by atoms with E-state index in [9.17, 15) is 0 Å². The largest absolute Gasteiger partial charge is 0.497 e. The van der Waals surface area contributed by atoms with Crippen molar-refractivity contribution in [2.24, 2.45) is 12.0 Å². The summed E-state index contributed by atoms with van der Waals surface area (Å²) in [6.45, 7) is 3.71. The molecule has 1 N–H and O–H groups in total. The van der Waals surface area contributed by atoms with Crippen molar-refractivity contribution in [3.8, 4) is 5.75 Å². The molecule has 30 heavy (non-hydrogen) atoms. The minimum atomic E-state index is 0.531. The number of halogens is 1. The lowest BCUT2D eigenvalue weighted by molar-refractivity contribution is 0.414. The van der Waals surface area contributed by atoms with Gasteiger partial charge in [0.1, 0.15) is 11.6 Å². The number of benzene rings is 2. The Morgan fingerprint density at radius 1 is 1.10 bits per heavy atom. The fraction of sp³-hybridized carbons (Fsp3) is 0.318. The number of guanidine groups is 1. The predicted octanol–water partition coefficient (Wildman–Crippen LogP) is 3.56. The summed E-state index contributed by atoms with van der Waals surface area (Å²) in [6.07, 6.45) is 0. The second-order valence-electron chi connectivity index (χ2n) is 7.05. The van der Waals surface area contributed by atoms with Crippen LogP contribution < -0.4 is 10.1 Å². The van der Waals surface area contributed by atoms with E-state index >= 15 is 0 Å². The minimum Gasteiger partial charge on any atom is -0.497 e. The average molecular weight is 427 g/mol. The van der Waals surface area contributed by atoms with Crippen molar-refractivity contribution in [1.82, 2.24) is 25.0 Å². The lowest BCUT2D eigenvalue weighted by Gasteiger charge is -2.22. The van der Waals surface area contributed by atoms with E-state index in [-0.39, 0.29) is 0 Å². The SMILES string of the molecule is COc1ccc(CN=C(NCc2nnc(C)n2C)N(C)Cc2ccc(Cl)cc2)cc1. The highest BCUT2D eigenvalue weighted by Crippen LogP contribution is 2.13. The molecule has 2 aromatic carbocycles. The predicted molar refractivity (Wildman–Crippen MR) is 120 cm³/mol. The van der Waals surface area contributed by atoms with Crippen LogP contribution in [0.25, 0.3) is 0 Å². The molecule has 0 aliphatic heterocycles. The molecule has 0 atom stereocenters. The lowest BCUT2D eigenvalue weighted by atomic mass is 10.2. The number of methoxy groups -OCH3 is 1. The molecule has 0 aliphatic carbocycles. The van der Waals surface area contributed by atoms with Crippen LogP contribution in [0.5, 0.6) is 5.75 Å². The summed E-state index contributed by atoms with van der Waals surface area (Å²) in [5, 5.41) is 12.5. The van der Waals surface area contributed by atoms with E-state index in [1.54, 1.807) is 7.11 Å². The molecule has 0 saturated carbocycles. The molecule has 0 unspecified atom stereocenters. The molecular formula is C22H27ClN6O. The molecule has 158 valence electrons. The second-order valence-corrected chi connectivity index (χ2v) is 7.48. The first-order valence-corrected chi connectivity index (χ1v) is 10.1. The Bertz CT molecular complexity index is 982. The molecule has 0 radical (unpaired) electrons. The molecule has 0 amide bonds. The number of nitrogens with zero attached hydrogens (tertiary/aromatic N) is 5. The fourth-order valence-corrected chi connectivity index (χ4v) is 3.04. The van der Waals surface area contributed by atoms with Crippen molar-refractivity contribution in [1.29, 1.82) is 0 Å². The van der Waals surface area contributed by atoms with Gasteiger partial charge in [-0.25, -0.2) is 4.99 Å². The average Bonchev–Trinajstić information content (AvgIpc) is 3.08. The van der Waals surface area contributed by atoms with Gasteiger partial charge in [-0.2, -0.15) is 0 Å². The van der Waals surface area contributed by atoms with Gasteiger partial charge in [0.25, 0.3) is 0 Å². The first-order chi connectivity index (χ1) is 14.5. The number of ether oxygens (including phenoxy) is 1. The van der Waals surface area contributed by atoms with Crippen LogP contribution in [0.2, 0.25) is 5.02 Å². The van der Waals surface area contributed by atoms with E-state index in [2.05, 4.69) is 20.4 Å². The zero-order chi connectivity index (χ0) is 21.5. The van der Waals surface area contributed by atoms with Crippen molar-refractivity contribution in [2.45, 2.75) is 26.6 Å². The highest BCUT2D eigenvalue weighted by atomic mass is 35.5. The van der Waals surface area contributed by atoms with Crippen molar-refractivity contribution in [3.05, 3.63) is 76.3 Å². The summed E-state index contributed by atoms with van der Waals surface area (Å²) in [5.74, 6) is 3.34. The van der Waals surface area contributed by atoms with Gasteiger partial charge < -0.3 is 19.5 Å². The van der Waals surface area contributed by atoms with Gasteiger partial charge in [-0.3, -0.25) is 0 Å². The molecule has 3 rings (SSSR count). The molecule has 8 heteroatoms. The van der Waals surface area contributed by atoms with E-state index < -0.39 is 0 Å². The van der Waals surface area contributed by atoms with Crippen LogP contribution in [0, 0.1) is 6.92 Å². The molecule has 0 bridgehead atoms. The Balaban J connectivity index is 1.74. The summed E-state index contributed by atoms with van der Waals surface area (Å²) in [5.41, 5.74) is 2.25. The molecule has 1 heterocycles. The maximum absolute atomic E-state index is 6.01. The number of nitrogens with one attached hydrogen (secondary N) is 1. The number of hydrogen-bond donors (Lipinski definition) is 1. The van der Waals surface area contributed by atoms with Crippen LogP contribution >= 0.6 is 11.6 Å². The van der Waals surface area contributed by atoms with Crippen LogP contribution in [0.1, 0.15) is 22.8 Å². The monoisotopic (exact) mass is 426 g/mol. The van der Waals surface area contributed by atoms with Crippen LogP contribution in [0.15, 0.2) is 53.5 Å². The number of rotatable bonds is 7. The van der Waals surface area contributed by atoms with Crippen LogP contribution in [0.3, 0.4) is 0 Å². The number of aliphatic imine (C=N–C) groups is 1. The van der Waals surface area contributed by atoms with Crippen molar-refractivity contribution in [3.63, 3.8) is 0 Å². The molecule has 1 aromatic heterocycles. The van der Waals surface area contributed by atoms with Crippen LogP contribution in [0.4, 0.5) is 0 Å². The lowest BCUT2D eigenvalue weighted by Crippen LogP contribution is -2.38. The Kier molecular flexibility index (Phi) is 7.30. The zero-order valence-electron chi connectivity index (χ0n) is 17.8. The van der Waals surface area contributed by atoms with Gasteiger partial charge in [0.2, 0.25) is 0 Å². The van der Waals surface area contributed by atoms with Crippen LogP contribution in [-0.2, 0) is 26.7 Å². The normalized spacial score (nSPS) is 11.4. The van der Waals surface area contributed by atoms with E-state index in [1.807, 2.05) is 74.1 Å². The van der Waals surface area contributed by atoms with E-state index in [1.165, 1.54) is 0 Å². The quantitative estimate of drug-likeness (QED) is 0.462. The first-order valence-electron chi connectivity index (χ1n) is 9.68. The summed E-state index contributed by atoms with van der Waals surface area (Å²) >= 11 is 6.01. The number of hydrogen-bond acceptors (Lipinski definition) is 4. The third-order valence-corrected chi connectivity index (χ3v) is 5.10. The molecule has 0 spiro atoms.